The molecule has 0 aromatic rings. The van der Waals surface area contributed by atoms with Crippen LogP contribution in [0.25, 0.3) is 0 Å². The summed E-state index contributed by atoms with van der Waals surface area (Å²) in [6.07, 6.45) is 7.72. The molecule has 1 amide bonds. The van der Waals surface area contributed by atoms with Crippen molar-refractivity contribution in [3.8, 4) is 0 Å². The second kappa shape index (κ2) is 8.37. The van der Waals surface area contributed by atoms with Crippen molar-refractivity contribution in [3.05, 3.63) is 0 Å². The van der Waals surface area contributed by atoms with Gasteiger partial charge in [0.15, 0.2) is 0 Å². The topological polar surface area (TPSA) is 49.9 Å². The predicted molar refractivity (Wildman–Crippen MR) is 80.9 cm³/mol. The van der Waals surface area contributed by atoms with Gasteiger partial charge in [-0.1, -0.05) is 19.3 Å². The fourth-order valence-electron chi connectivity index (χ4n) is 3.29. The minimum atomic E-state index is -0.219. The van der Waals surface area contributed by atoms with Gasteiger partial charge in [0.1, 0.15) is 6.04 Å². The molecule has 2 fully saturated rings. The summed E-state index contributed by atoms with van der Waals surface area (Å²) in [5.41, 5.74) is 0. The summed E-state index contributed by atoms with van der Waals surface area (Å²) in [5.74, 6) is 0.00330. The van der Waals surface area contributed by atoms with E-state index in [1.54, 1.807) is 0 Å². The molecule has 0 radical (unpaired) electrons. The lowest BCUT2D eigenvalue weighted by Crippen LogP contribution is -2.45. The first-order valence-corrected chi connectivity index (χ1v) is 8.41. The van der Waals surface area contributed by atoms with E-state index in [0.29, 0.717) is 13.2 Å². The van der Waals surface area contributed by atoms with Gasteiger partial charge < -0.3 is 9.64 Å². The molecule has 0 N–H and O–H groups in total. The highest BCUT2D eigenvalue weighted by atomic mass is 16.5. The molecule has 2 rings (SSSR count). The van der Waals surface area contributed by atoms with Crippen LogP contribution in [0.1, 0.15) is 51.9 Å². The molecule has 1 unspecified atom stereocenters. The minimum absolute atomic E-state index is 0.171. The van der Waals surface area contributed by atoms with E-state index in [4.69, 9.17) is 4.74 Å². The van der Waals surface area contributed by atoms with Crippen LogP contribution < -0.4 is 0 Å². The number of carbonyl (C=O) groups excluding carboxylic acids is 2. The van der Waals surface area contributed by atoms with Crippen molar-refractivity contribution in [2.75, 3.05) is 32.8 Å². The largest absolute Gasteiger partial charge is 0.465 e. The van der Waals surface area contributed by atoms with Crippen LogP contribution in [-0.4, -0.2) is 60.5 Å². The third-order valence-corrected chi connectivity index (χ3v) is 4.47. The average Bonchev–Trinajstić information content (AvgIpc) is 2.86. The average molecular weight is 296 g/mol. The van der Waals surface area contributed by atoms with Gasteiger partial charge in [0.2, 0.25) is 5.91 Å². The Balaban J connectivity index is 1.86. The third-order valence-electron chi connectivity index (χ3n) is 4.47. The van der Waals surface area contributed by atoms with Crippen molar-refractivity contribution in [2.24, 2.45) is 0 Å². The molecule has 5 nitrogen and oxygen atoms in total. The maximum Gasteiger partial charge on any atom is 0.323 e. The van der Waals surface area contributed by atoms with E-state index in [9.17, 15) is 9.59 Å². The van der Waals surface area contributed by atoms with Gasteiger partial charge in [0, 0.05) is 13.1 Å². The molecule has 0 bridgehead atoms. The number of rotatable bonds is 4. The lowest BCUT2D eigenvalue weighted by molar-refractivity contribution is -0.149. The summed E-state index contributed by atoms with van der Waals surface area (Å²) in [7, 11) is 0. The molecule has 2 heterocycles. The Labute approximate surface area is 127 Å². The molecular formula is C16H28N2O3. The fourth-order valence-corrected chi connectivity index (χ4v) is 3.29. The Morgan fingerprint density at radius 3 is 2.33 bits per heavy atom. The molecule has 1 atom stereocenters. The highest BCUT2D eigenvalue weighted by Gasteiger charge is 2.33. The van der Waals surface area contributed by atoms with Crippen molar-refractivity contribution in [1.29, 1.82) is 0 Å². The van der Waals surface area contributed by atoms with Crippen LogP contribution in [0.4, 0.5) is 0 Å². The number of esters is 1. The van der Waals surface area contributed by atoms with Gasteiger partial charge in [-0.15, -0.1) is 0 Å². The summed E-state index contributed by atoms with van der Waals surface area (Å²) >= 11 is 0. The van der Waals surface area contributed by atoms with Crippen LogP contribution in [0.2, 0.25) is 0 Å². The maximum absolute atomic E-state index is 12.5. The molecule has 2 aliphatic heterocycles. The molecule has 0 aromatic carbocycles. The van der Waals surface area contributed by atoms with E-state index < -0.39 is 0 Å². The van der Waals surface area contributed by atoms with E-state index >= 15 is 0 Å². The van der Waals surface area contributed by atoms with Crippen LogP contribution in [0, 0.1) is 0 Å². The fraction of sp³-hybridized carbons (Fsp3) is 0.875. The van der Waals surface area contributed by atoms with Crippen LogP contribution in [0.15, 0.2) is 0 Å². The zero-order chi connectivity index (χ0) is 15.1. The Kier molecular flexibility index (Phi) is 6.49. The molecule has 0 spiro atoms. The van der Waals surface area contributed by atoms with Crippen LogP contribution in [-0.2, 0) is 14.3 Å². The third kappa shape index (κ3) is 4.70. The smallest absolute Gasteiger partial charge is 0.323 e. The zero-order valence-corrected chi connectivity index (χ0v) is 13.2. The lowest BCUT2D eigenvalue weighted by Gasteiger charge is -2.28. The first-order chi connectivity index (χ1) is 10.2. The number of carbonyl (C=O) groups is 2. The number of ether oxygens (including phenoxy) is 1. The number of nitrogens with zero attached hydrogens (tertiary/aromatic N) is 2. The number of likely N-dealkylation sites (tertiary alicyclic amines) is 2. The second-order valence-electron chi connectivity index (χ2n) is 6.03. The first kappa shape index (κ1) is 16.3. The zero-order valence-electron chi connectivity index (χ0n) is 13.2. The van der Waals surface area contributed by atoms with E-state index in [0.717, 1.165) is 45.3 Å². The van der Waals surface area contributed by atoms with E-state index in [1.807, 2.05) is 16.7 Å². The molecule has 0 saturated carbocycles. The van der Waals surface area contributed by atoms with Gasteiger partial charge in [-0.2, -0.15) is 0 Å². The van der Waals surface area contributed by atoms with Crippen LogP contribution >= 0.6 is 0 Å². The summed E-state index contributed by atoms with van der Waals surface area (Å²) in [6.45, 7) is 5.16. The van der Waals surface area contributed by atoms with Crippen molar-refractivity contribution < 1.29 is 14.3 Å². The van der Waals surface area contributed by atoms with E-state index in [1.165, 1.54) is 19.3 Å². The summed E-state index contributed by atoms with van der Waals surface area (Å²) in [4.78, 5) is 28.4. The number of hydrogen-bond acceptors (Lipinski definition) is 4. The SMILES string of the molecule is CCOC(=O)C1CCCN1CC(=O)N1CCCCCCC1. The lowest BCUT2D eigenvalue weighted by atomic mass is 10.1. The molecule has 0 aliphatic carbocycles. The Morgan fingerprint density at radius 2 is 1.67 bits per heavy atom. The molecule has 120 valence electrons. The molecule has 2 aliphatic rings. The highest BCUT2D eigenvalue weighted by Crippen LogP contribution is 2.19. The monoisotopic (exact) mass is 296 g/mol. The van der Waals surface area contributed by atoms with Crippen LogP contribution in [0.3, 0.4) is 0 Å². The normalized spacial score (nSPS) is 24.4. The van der Waals surface area contributed by atoms with Crippen molar-refractivity contribution >= 4 is 11.9 Å². The minimum Gasteiger partial charge on any atom is -0.465 e. The predicted octanol–water partition coefficient (Wildman–Crippen LogP) is 1.81. The second-order valence-corrected chi connectivity index (χ2v) is 6.03. The summed E-state index contributed by atoms with van der Waals surface area (Å²) in [5, 5.41) is 0. The number of hydrogen-bond donors (Lipinski definition) is 0. The van der Waals surface area contributed by atoms with Gasteiger partial charge in [-0.3, -0.25) is 14.5 Å². The Morgan fingerprint density at radius 1 is 1.00 bits per heavy atom. The van der Waals surface area contributed by atoms with E-state index in [2.05, 4.69) is 0 Å². The summed E-state index contributed by atoms with van der Waals surface area (Å²) < 4.78 is 5.11. The van der Waals surface area contributed by atoms with Gasteiger partial charge in [-0.05, 0) is 39.2 Å². The van der Waals surface area contributed by atoms with E-state index in [-0.39, 0.29) is 17.9 Å². The van der Waals surface area contributed by atoms with Crippen LogP contribution in [0.5, 0.6) is 0 Å². The van der Waals surface area contributed by atoms with Crippen molar-refractivity contribution in [1.82, 2.24) is 9.80 Å². The Bertz CT molecular complexity index is 351. The van der Waals surface area contributed by atoms with Gasteiger partial charge in [-0.25, -0.2) is 0 Å². The van der Waals surface area contributed by atoms with Crippen molar-refractivity contribution in [2.45, 2.75) is 57.9 Å². The van der Waals surface area contributed by atoms with Gasteiger partial charge in [0.25, 0.3) is 0 Å². The standard InChI is InChI=1S/C16H28N2O3/c1-2-21-16(20)14-9-8-12-18(14)13-15(19)17-10-6-4-3-5-7-11-17/h14H,2-13H2,1H3. The molecule has 2 saturated heterocycles. The van der Waals surface area contributed by atoms with Crippen molar-refractivity contribution in [3.63, 3.8) is 0 Å². The molecule has 0 aromatic heterocycles. The Hall–Kier alpha value is -1.10. The summed E-state index contributed by atoms with van der Waals surface area (Å²) in [6, 6.07) is -0.219. The van der Waals surface area contributed by atoms with Gasteiger partial charge >= 0.3 is 5.97 Å². The van der Waals surface area contributed by atoms with Gasteiger partial charge in [0.05, 0.1) is 13.2 Å². The molecule has 21 heavy (non-hydrogen) atoms. The first-order valence-electron chi connectivity index (χ1n) is 8.41. The molecular weight excluding hydrogens is 268 g/mol. The molecule has 5 heteroatoms. The quantitative estimate of drug-likeness (QED) is 0.742. The number of amides is 1. The maximum atomic E-state index is 12.5. The highest BCUT2D eigenvalue weighted by molar-refractivity contribution is 5.81.